The standard InChI is InChI=1S/C14H23N3O3/c1-13(2)11-9(4-7-20-11)14(13,15)12(19)17-6-3-5-16-10(18)8-17/h9,11H,3-8,15H2,1-2H3,(H,16,18). The van der Waals surface area contributed by atoms with Crippen LogP contribution in [0.25, 0.3) is 0 Å². The zero-order valence-electron chi connectivity index (χ0n) is 12.1. The number of carbonyl (C=O) groups excluding carboxylic acids is 2. The molecule has 1 saturated carbocycles. The van der Waals surface area contributed by atoms with E-state index >= 15 is 0 Å². The molecule has 3 rings (SSSR count). The Bertz CT molecular complexity index is 451. The van der Waals surface area contributed by atoms with Crippen molar-refractivity contribution in [1.82, 2.24) is 10.2 Å². The smallest absolute Gasteiger partial charge is 0.244 e. The molecule has 2 saturated heterocycles. The Morgan fingerprint density at radius 3 is 3.00 bits per heavy atom. The topological polar surface area (TPSA) is 84.7 Å². The number of rotatable bonds is 1. The largest absolute Gasteiger partial charge is 0.377 e. The summed E-state index contributed by atoms with van der Waals surface area (Å²) in [4.78, 5) is 26.2. The van der Waals surface area contributed by atoms with Gasteiger partial charge in [0, 0.05) is 31.0 Å². The molecule has 20 heavy (non-hydrogen) atoms. The Morgan fingerprint density at radius 2 is 2.25 bits per heavy atom. The van der Waals surface area contributed by atoms with E-state index in [0.717, 1.165) is 12.8 Å². The van der Waals surface area contributed by atoms with Crippen LogP contribution < -0.4 is 11.1 Å². The van der Waals surface area contributed by atoms with Crippen molar-refractivity contribution >= 4 is 11.8 Å². The molecule has 0 spiro atoms. The third-order valence-electron chi connectivity index (χ3n) is 5.36. The Morgan fingerprint density at radius 1 is 1.50 bits per heavy atom. The molecule has 0 aromatic heterocycles. The predicted octanol–water partition coefficient (Wildman–Crippen LogP) is -0.523. The lowest BCUT2D eigenvalue weighted by Gasteiger charge is -2.61. The summed E-state index contributed by atoms with van der Waals surface area (Å²) in [6, 6.07) is 0. The molecule has 3 N–H and O–H groups in total. The first-order chi connectivity index (χ1) is 9.39. The Hall–Kier alpha value is -1.14. The van der Waals surface area contributed by atoms with Gasteiger partial charge in [0.1, 0.15) is 5.54 Å². The lowest BCUT2D eigenvalue weighted by atomic mass is 9.47. The molecule has 0 bridgehead atoms. The van der Waals surface area contributed by atoms with Gasteiger partial charge in [0.15, 0.2) is 0 Å². The van der Waals surface area contributed by atoms with Crippen LogP contribution in [0.3, 0.4) is 0 Å². The van der Waals surface area contributed by atoms with E-state index in [2.05, 4.69) is 5.32 Å². The van der Waals surface area contributed by atoms with Gasteiger partial charge < -0.3 is 20.7 Å². The maximum Gasteiger partial charge on any atom is 0.244 e. The number of nitrogens with zero attached hydrogens (tertiary/aromatic N) is 1. The van der Waals surface area contributed by atoms with Crippen LogP contribution in [0.15, 0.2) is 0 Å². The summed E-state index contributed by atoms with van der Waals surface area (Å²) in [6.07, 6.45) is 1.67. The summed E-state index contributed by atoms with van der Waals surface area (Å²) >= 11 is 0. The van der Waals surface area contributed by atoms with Gasteiger partial charge >= 0.3 is 0 Å². The van der Waals surface area contributed by atoms with E-state index in [1.54, 1.807) is 4.90 Å². The van der Waals surface area contributed by atoms with Crippen LogP contribution in [-0.4, -0.2) is 54.6 Å². The number of hydrogen-bond donors (Lipinski definition) is 2. The monoisotopic (exact) mass is 281 g/mol. The molecule has 3 aliphatic rings. The Kier molecular flexibility index (Phi) is 3.06. The molecule has 2 aliphatic heterocycles. The Balaban J connectivity index is 1.83. The number of nitrogens with two attached hydrogens (primary N) is 1. The molecule has 0 radical (unpaired) electrons. The number of amides is 2. The van der Waals surface area contributed by atoms with Gasteiger partial charge in [-0.25, -0.2) is 0 Å². The van der Waals surface area contributed by atoms with Crippen molar-refractivity contribution < 1.29 is 14.3 Å². The molecule has 6 heteroatoms. The molecule has 0 aromatic rings. The van der Waals surface area contributed by atoms with Crippen LogP contribution in [0.5, 0.6) is 0 Å². The van der Waals surface area contributed by atoms with Crippen LogP contribution in [0.4, 0.5) is 0 Å². The number of carbonyl (C=O) groups is 2. The highest BCUT2D eigenvalue weighted by atomic mass is 16.5. The average Bonchev–Trinajstić information content (AvgIpc) is 2.79. The highest BCUT2D eigenvalue weighted by Gasteiger charge is 2.71. The minimum atomic E-state index is -0.904. The first kappa shape index (κ1) is 13.8. The molecule has 3 fully saturated rings. The Labute approximate surface area is 119 Å². The summed E-state index contributed by atoms with van der Waals surface area (Å²) < 4.78 is 5.72. The summed E-state index contributed by atoms with van der Waals surface area (Å²) in [5.74, 6) is -0.113. The predicted molar refractivity (Wildman–Crippen MR) is 72.8 cm³/mol. The van der Waals surface area contributed by atoms with E-state index in [4.69, 9.17) is 10.5 Å². The second-order valence-corrected chi connectivity index (χ2v) is 6.71. The minimum absolute atomic E-state index is 0.0669. The van der Waals surface area contributed by atoms with E-state index < -0.39 is 5.54 Å². The van der Waals surface area contributed by atoms with E-state index in [1.165, 1.54) is 0 Å². The molecule has 2 heterocycles. The van der Waals surface area contributed by atoms with E-state index in [0.29, 0.717) is 19.7 Å². The van der Waals surface area contributed by atoms with Gasteiger partial charge in [0.2, 0.25) is 11.8 Å². The van der Waals surface area contributed by atoms with Gasteiger partial charge in [-0.05, 0) is 12.8 Å². The van der Waals surface area contributed by atoms with Crippen LogP contribution in [0.2, 0.25) is 0 Å². The summed E-state index contributed by atoms with van der Waals surface area (Å²) in [7, 11) is 0. The van der Waals surface area contributed by atoms with Gasteiger partial charge in [0.05, 0.1) is 12.6 Å². The van der Waals surface area contributed by atoms with Crippen LogP contribution >= 0.6 is 0 Å². The number of ether oxygens (including phenoxy) is 1. The second kappa shape index (κ2) is 4.43. The van der Waals surface area contributed by atoms with Gasteiger partial charge in [-0.1, -0.05) is 13.8 Å². The normalized spacial score (nSPS) is 39.5. The van der Waals surface area contributed by atoms with Crippen LogP contribution in [-0.2, 0) is 14.3 Å². The van der Waals surface area contributed by atoms with E-state index in [1.807, 2.05) is 13.8 Å². The third kappa shape index (κ3) is 1.64. The first-order valence-electron chi connectivity index (χ1n) is 7.35. The van der Waals surface area contributed by atoms with Gasteiger partial charge in [-0.15, -0.1) is 0 Å². The van der Waals surface area contributed by atoms with Crippen molar-refractivity contribution in [3.05, 3.63) is 0 Å². The maximum atomic E-state index is 12.9. The van der Waals surface area contributed by atoms with Crippen molar-refractivity contribution in [3.8, 4) is 0 Å². The minimum Gasteiger partial charge on any atom is -0.377 e. The second-order valence-electron chi connectivity index (χ2n) is 6.71. The summed E-state index contributed by atoms with van der Waals surface area (Å²) in [6.45, 7) is 5.99. The molecule has 3 atom stereocenters. The van der Waals surface area contributed by atoms with E-state index in [9.17, 15) is 9.59 Å². The van der Waals surface area contributed by atoms with Crippen molar-refractivity contribution in [2.24, 2.45) is 17.1 Å². The van der Waals surface area contributed by atoms with Crippen LogP contribution in [0, 0.1) is 11.3 Å². The van der Waals surface area contributed by atoms with Crippen molar-refractivity contribution in [1.29, 1.82) is 0 Å². The molecular formula is C14H23N3O3. The molecule has 6 nitrogen and oxygen atoms in total. The molecule has 3 unspecified atom stereocenters. The molecule has 2 amide bonds. The van der Waals surface area contributed by atoms with Crippen molar-refractivity contribution in [2.45, 2.75) is 38.3 Å². The summed E-state index contributed by atoms with van der Waals surface area (Å²) in [5, 5.41) is 2.79. The number of hydrogen-bond acceptors (Lipinski definition) is 4. The summed E-state index contributed by atoms with van der Waals surface area (Å²) in [5.41, 5.74) is 5.25. The number of fused-ring (bicyclic) bond motifs is 1. The molecule has 112 valence electrons. The number of nitrogens with one attached hydrogen (secondary N) is 1. The maximum absolute atomic E-state index is 12.9. The first-order valence-corrected chi connectivity index (χ1v) is 7.35. The van der Waals surface area contributed by atoms with Crippen molar-refractivity contribution in [3.63, 3.8) is 0 Å². The fraction of sp³-hybridized carbons (Fsp3) is 0.857. The SMILES string of the molecule is CC1(C)C2OCCC2C1(N)C(=O)N1CCCNC(=O)C1. The lowest BCUT2D eigenvalue weighted by Crippen LogP contribution is -2.80. The molecule has 1 aliphatic carbocycles. The quantitative estimate of drug-likeness (QED) is 0.677. The van der Waals surface area contributed by atoms with Crippen LogP contribution in [0.1, 0.15) is 26.7 Å². The van der Waals surface area contributed by atoms with Gasteiger partial charge in [-0.3, -0.25) is 9.59 Å². The highest BCUT2D eigenvalue weighted by molar-refractivity contribution is 5.93. The molecular weight excluding hydrogens is 258 g/mol. The average molecular weight is 281 g/mol. The van der Waals surface area contributed by atoms with Gasteiger partial charge in [0.25, 0.3) is 0 Å². The highest BCUT2D eigenvalue weighted by Crippen LogP contribution is 2.58. The zero-order valence-corrected chi connectivity index (χ0v) is 12.1. The van der Waals surface area contributed by atoms with Crippen molar-refractivity contribution in [2.75, 3.05) is 26.2 Å². The fourth-order valence-corrected chi connectivity index (χ4v) is 4.06. The van der Waals surface area contributed by atoms with E-state index in [-0.39, 0.29) is 35.8 Å². The molecule has 0 aromatic carbocycles. The van der Waals surface area contributed by atoms with Gasteiger partial charge in [-0.2, -0.15) is 0 Å². The third-order valence-corrected chi connectivity index (χ3v) is 5.36. The fourth-order valence-electron chi connectivity index (χ4n) is 4.06. The zero-order chi connectivity index (χ0) is 14.5. The lowest BCUT2D eigenvalue weighted by molar-refractivity contribution is -0.184.